The van der Waals surface area contributed by atoms with E-state index in [4.69, 9.17) is 10.5 Å². The zero-order valence-corrected chi connectivity index (χ0v) is 20.9. The van der Waals surface area contributed by atoms with Crippen molar-refractivity contribution in [2.24, 2.45) is 11.1 Å². The number of hydrogen-bond donors (Lipinski definition) is 3. The molecule has 1 aliphatic rings. The van der Waals surface area contributed by atoms with Gasteiger partial charge in [-0.1, -0.05) is 80.9 Å². The summed E-state index contributed by atoms with van der Waals surface area (Å²) in [5.74, 6) is -0.312. The third-order valence-corrected chi connectivity index (χ3v) is 6.86. The smallest absolute Gasteiger partial charge is 0.407 e. The lowest BCUT2D eigenvalue weighted by molar-refractivity contribution is -0.127. The van der Waals surface area contributed by atoms with E-state index < -0.39 is 23.7 Å². The first-order chi connectivity index (χ1) is 16.7. The van der Waals surface area contributed by atoms with Gasteiger partial charge in [-0.2, -0.15) is 0 Å². The van der Waals surface area contributed by atoms with Gasteiger partial charge in [0.15, 0.2) is 0 Å². The van der Waals surface area contributed by atoms with Crippen LogP contribution in [-0.4, -0.2) is 53.3 Å². The van der Waals surface area contributed by atoms with E-state index in [1.165, 1.54) is 0 Å². The van der Waals surface area contributed by atoms with E-state index in [-0.39, 0.29) is 18.6 Å². The van der Waals surface area contributed by atoms with Crippen molar-refractivity contribution in [3.05, 3.63) is 71.8 Å². The van der Waals surface area contributed by atoms with Crippen LogP contribution in [0.4, 0.5) is 4.79 Å². The monoisotopic (exact) mass is 481 g/mol. The molecule has 2 aromatic carbocycles. The van der Waals surface area contributed by atoms with Gasteiger partial charge in [0.2, 0.25) is 5.91 Å². The second-order valence-electron chi connectivity index (χ2n) is 10.2. The molecule has 3 atom stereocenters. The van der Waals surface area contributed by atoms with E-state index >= 15 is 0 Å². The second kappa shape index (κ2) is 12.7. The quantitative estimate of drug-likeness (QED) is 0.455. The average molecular weight is 482 g/mol. The summed E-state index contributed by atoms with van der Waals surface area (Å²) in [5, 5.41) is 14.2. The zero-order valence-electron chi connectivity index (χ0n) is 20.9. The third-order valence-electron chi connectivity index (χ3n) is 6.86. The molecular weight excluding hydrogens is 442 g/mol. The number of nitrogens with two attached hydrogens (primary N) is 1. The second-order valence-corrected chi connectivity index (χ2v) is 10.2. The summed E-state index contributed by atoms with van der Waals surface area (Å²) in [4.78, 5) is 26.8. The van der Waals surface area contributed by atoms with Gasteiger partial charge in [-0.25, -0.2) is 4.79 Å². The molecular formula is C28H39N3O4. The lowest BCUT2D eigenvalue weighted by Gasteiger charge is -2.41. The number of aliphatic hydroxyl groups excluding tert-OH is 1. The molecule has 1 aliphatic heterocycles. The van der Waals surface area contributed by atoms with Gasteiger partial charge in [-0.15, -0.1) is 0 Å². The Kier molecular flexibility index (Phi) is 9.69. The molecule has 0 saturated carbocycles. The minimum atomic E-state index is -0.809. The fraction of sp³-hybridized carbons (Fsp3) is 0.500. The first-order valence-corrected chi connectivity index (χ1v) is 12.5. The predicted octanol–water partition coefficient (Wildman–Crippen LogP) is 3.64. The summed E-state index contributed by atoms with van der Waals surface area (Å²) in [7, 11) is 0. The van der Waals surface area contributed by atoms with Crippen LogP contribution in [0.2, 0.25) is 0 Å². The SMILES string of the molecule is CC(C)(CC1CCCCN1C[C@H](O)[C@@H](Cc1ccccc1)NC(=O)OCc1ccccc1)C(N)=O. The standard InChI is InChI=1S/C28H39N3O4/c1-28(2,26(29)33)18-23-15-9-10-16-31(23)19-25(32)24(17-21-11-5-3-6-12-21)30-27(34)35-20-22-13-7-4-8-14-22/h3-8,11-14,23-25,32H,9-10,15-20H2,1-2H3,(H2,29,33)(H,30,34)/t23?,24-,25+/m1/s1. The summed E-state index contributed by atoms with van der Waals surface area (Å²) < 4.78 is 5.42. The molecule has 3 rings (SSSR count). The molecule has 1 unspecified atom stereocenters. The Balaban J connectivity index is 1.67. The number of carbonyl (C=O) groups excluding carboxylic acids is 2. The molecule has 0 aromatic heterocycles. The van der Waals surface area contributed by atoms with Crippen molar-refractivity contribution in [3.63, 3.8) is 0 Å². The number of hydrogen-bond acceptors (Lipinski definition) is 5. The van der Waals surface area contributed by atoms with E-state index in [1.807, 2.05) is 74.5 Å². The van der Waals surface area contributed by atoms with Crippen LogP contribution in [0.1, 0.15) is 50.7 Å². The predicted molar refractivity (Wildman–Crippen MR) is 137 cm³/mol. The molecule has 1 saturated heterocycles. The van der Waals surface area contributed by atoms with Gasteiger partial charge in [-0.3, -0.25) is 9.69 Å². The van der Waals surface area contributed by atoms with E-state index in [1.54, 1.807) is 0 Å². The third kappa shape index (κ3) is 8.37. The molecule has 0 aliphatic carbocycles. The van der Waals surface area contributed by atoms with Gasteiger partial charge in [0.05, 0.1) is 12.1 Å². The van der Waals surface area contributed by atoms with Crippen molar-refractivity contribution in [2.45, 2.75) is 70.7 Å². The Labute approximate surface area is 208 Å². The maximum atomic E-state index is 12.6. The number of β-amino-alcohol motifs (C(OH)–C–C–N with tert-alkyl or cyclic N) is 1. The Morgan fingerprint density at radius 3 is 2.34 bits per heavy atom. The first kappa shape index (κ1) is 26.7. The number of aliphatic hydroxyl groups is 1. The highest BCUT2D eigenvalue weighted by molar-refractivity contribution is 5.79. The van der Waals surface area contributed by atoms with Crippen LogP contribution in [0, 0.1) is 5.41 Å². The number of primary amides is 1. The van der Waals surface area contributed by atoms with E-state index in [0.717, 1.165) is 36.9 Å². The van der Waals surface area contributed by atoms with E-state index in [9.17, 15) is 14.7 Å². The summed E-state index contributed by atoms with van der Waals surface area (Å²) in [5.41, 5.74) is 6.93. The van der Waals surface area contributed by atoms with Crippen molar-refractivity contribution in [2.75, 3.05) is 13.1 Å². The largest absolute Gasteiger partial charge is 0.445 e. The first-order valence-electron chi connectivity index (χ1n) is 12.5. The number of nitrogens with zero attached hydrogens (tertiary/aromatic N) is 1. The fourth-order valence-electron chi connectivity index (χ4n) is 4.66. The molecule has 2 aromatic rings. The number of likely N-dealkylation sites (tertiary alicyclic amines) is 1. The number of nitrogens with one attached hydrogen (secondary N) is 1. The minimum Gasteiger partial charge on any atom is -0.445 e. The van der Waals surface area contributed by atoms with Crippen molar-refractivity contribution in [1.29, 1.82) is 0 Å². The van der Waals surface area contributed by atoms with Gasteiger partial charge >= 0.3 is 6.09 Å². The molecule has 7 heteroatoms. The van der Waals surface area contributed by atoms with Crippen LogP contribution in [-0.2, 0) is 22.6 Å². The van der Waals surface area contributed by atoms with Crippen molar-refractivity contribution in [3.8, 4) is 0 Å². The Hall–Kier alpha value is -2.90. The highest BCUT2D eigenvalue weighted by Gasteiger charge is 2.35. The van der Waals surface area contributed by atoms with Crippen molar-refractivity contribution in [1.82, 2.24) is 10.2 Å². The van der Waals surface area contributed by atoms with Crippen molar-refractivity contribution < 1.29 is 19.4 Å². The number of benzene rings is 2. The summed E-state index contributed by atoms with van der Waals surface area (Å²) in [6.45, 7) is 5.16. The molecule has 7 nitrogen and oxygen atoms in total. The van der Waals surface area contributed by atoms with Gasteiger partial charge < -0.3 is 20.9 Å². The number of ether oxygens (including phenoxy) is 1. The molecule has 1 heterocycles. The maximum Gasteiger partial charge on any atom is 0.407 e. The average Bonchev–Trinajstić information content (AvgIpc) is 2.84. The minimum absolute atomic E-state index is 0.156. The van der Waals surface area contributed by atoms with Gasteiger partial charge in [0.25, 0.3) is 0 Å². The normalized spacial score (nSPS) is 18.4. The molecule has 1 fully saturated rings. The number of carbonyl (C=O) groups is 2. The highest BCUT2D eigenvalue weighted by atomic mass is 16.5. The number of piperidine rings is 1. The van der Waals surface area contributed by atoms with Crippen LogP contribution < -0.4 is 11.1 Å². The highest BCUT2D eigenvalue weighted by Crippen LogP contribution is 2.30. The summed E-state index contributed by atoms with van der Waals surface area (Å²) >= 11 is 0. The Morgan fingerprint density at radius 1 is 1.09 bits per heavy atom. The van der Waals surface area contributed by atoms with Crippen LogP contribution >= 0.6 is 0 Å². The molecule has 2 amide bonds. The van der Waals surface area contributed by atoms with Crippen LogP contribution in [0.25, 0.3) is 0 Å². The van der Waals surface area contributed by atoms with Crippen LogP contribution in [0.3, 0.4) is 0 Å². The molecule has 4 N–H and O–H groups in total. The zero-order chi connectivity index (χ0) is 25.3. The topological polar surface area (TPSA) is 105 Å². The van der Waals surface area contributed by atoms with Gasteiger partial charge in [0.1, 0.15) is 6.61 Å². The van der Waals surface area contributed by atoms with Gasteiger partial charge in [-0.05, 0) is 43.4 Å². The fourth-order valence-corrected chi connectivity index (χ4v) is 4.66. The molecule has 0 radical (unpaired) electrons. The molecule has 190 valence electrons. The van der Waals surface area contributed by atoms with E-state index in [2.05, 4.69) is 10.2 Å². The molecule has 35 heavy (non-hydrogen) atoms. The van der Waals surface area contributed by atoms with Crippen LogP contribution in [0.15, 0.2) is 60.7 Å². The van der Waals surface area contributed by atoms with E-state index in [0.29, 0.717) is 19.4 Å². The summed E-state index contributed by atoms with van der Waals surface area (Å²) in [6, 6.07) is 18.9. The Bertz CT molecular complexity index is 936. The Morgan fingerprint density at radius 2 is 1.71 bits per heavy atom. The molecule has 0 bridgehead atoms. The number of rotatable bonds is 11. The number of alkyl carbamates (subject to hydrolysis) is 1. The lowest BCUT2D eigenvalue weighted by Crippen LogP contribution is -2.53. The maximum absolute atomic E-state index is 12.6. The van der Waals surface area contributed by atoms with Crippen molar-refractivity contribution >= 4 is 12.0 Å². The van der Waals surface area contributed by atoms with Gasteiger partial charge in [0, 0.05) is 18.0 Å². The lowest BCUT2D eigenvalue weighted by atomic mass is 9.81. The number of amides is 2. The van der Waals surface area contributed by atoms with Crippen LogP contribution in [0.5, 0.6) is 0 Å². The summed E-state index contributed by atoms with van der Waals surface area (Å²) in [6.07, 6.45) is 2.84. The molecule has 0 spiro atoms.